The van der Waals surface area contributed by atoms with Crippen LogP contribution in [0.4, 0.5) is 4.79 Å². The molecule has 1 fully saturated rings. The van der Waals surface area contributed by atoms with E-state index in [4.69, 9.17) is 0 Å². The van der Waals surface area contributed by atoms with Gasteiger partial charge in [0.1, 0.15) is 0 Å². The molecule has 0 saturated carbocycles. The lowest BCUT2D eigenvalue weighted by molar-refractivity contribution is -0.152. The summed E-state index contributed by atoms with van der Waals surface area (Å²) in [5, 5.41) is 15.8. The number of piperidine rings is 1. The smallest absolute Gasteiger partial charge is 0.317 e. The molecule has 8 heteroatoms. The average molecular weight is 296 g/mol. The van der Waals surface area contributed by atoms with Gasteiger partial charge >= 0.3 is 12.0 Å². The topological polar surface area (TPSA) is 109 Å². The summed E-state index contributed by atoms with van der Waals surface area (Å²) in [6, 6.07) is -0.291. The average Bonchev–Trinajstić information content (AvgIpc) is 2.98. The second kappa shape index (κ2) is 6.55. The zero-order valence-electron chi connectivity index (χ0n) is 12.0. The Bertz CT molecular complexity index is 486. The van der Waals surface area contributed by atoms with Gasteiger partial charge in [-0.25, -0.2) is 4.79 Å². The molecule has 1 atom stereocenters. The van der Waals surface area contributed by atoms with Crippen LogP contribution in [0.25, 0.3) is 0 Å². The van der Waals surface area contributed by atoms with Crippen molar-refractivity contribution in [2.45, 2.75) is 39.2 Å². The first-order valence-electron chi connectivity index (χ1n) is 7.09. The second-order valence-corrected chi connectivity index (χ2v) is 5.37. The summed E-state index contributed by atoms with van der Waals surface area (Å²) in [6.45, 7) is 2.94. The predicted octanol–water partition coefficient (Wildman–Crippen LogP) is 1.25. The number of aromatic nitrogens is 2. The van der Waals surface area contributed by atoms with Crippen molar-refractivity contribution in [2.75, 3.05) is 13.1 Å². The molecule has 2 rings (SSSR count). The Morgan fingerprint density at radius 1 is 1.57 bits per heavy atom. The maximum atomic E-state index is 12.1. The van der Waals surface area contributed by atoms with Gasteiger partial charge in [-0.1, -0.05) is 18.5 Å². The zero-order valence-corrected chi connectivity index (χ0v) is 12.0. The first-order valence-corrected chi connectivity index (χ1v) is 7.09. The van der Waals surface area contributed by atoms with E-state index in [9.17, 15) is 14.7 Å². The number of carbonyl (C=O) groups excluding carboxylic acids is 1. The third-order valence-corrected chi connectivity index (χ3v) is 3.85. The lowest BCUT2D eigenvalue weighted by Crippen LogP contribution is -2.52. The van der Waals surface area contributed by atoms with Crippen LogP contribution in [0, 0.1) is 5.41 Å². The summed E-state index contributed by atoms with van der Waals surface area (Å²) in [5.41, 5.74) is -0.823. The molecule has 1 aliphatic rings. The van der Waals surface area contributed by atoms with E-state index in [-0.39, 0.29) is 19.1 Å². The van der Waals surface area contributed by atoms with Crippen molar-refractivity contribution in [1.29, 1.82) is 0 Å². The highest BCUT2D eigenvalue weighted by molar-refractivity contribution is 5.78. The number of carboxylic acids is 1. The summed E-state index contributed by atoms with van der Waals surface area (Å²) < 4.78 is 4.59. The number of carboxylic acid groups (broad SMARTS) is 1. The van der Waals surface area contributed by atoms with Crippen LogP contribution in [0.1, 0.15) is 38.4 Å². The highest BCUT2D eigenvalue weighted by Gasteiger charge is 2.42. The monoisotopic (exact) mass is 296 g/mol. The summed E-state index contributed by atoms with van der Waals surface area (Å²) >= 11 is 0. The van der Waals surface area contributed by atoms with E-state index in [2.05, 4.69) is 20.0 Å². The Morgan fingerprint density at radius 2 is 2.38 bits per heavy atom. The Kier molecular flexibility index (Phi) is 4.77. The summed E-state index contributed by atoms with van der Waals surface area (Å²) in [6.07, 6.45) is 3.87. The van der Waals surface area contributed by atoms with Gasteiger partial charge in [0.05, 0.1) is 12.0 Å². The number of hydrogen-bond acceptors (Lipinski definition) is 5. The van der Waals surface area contributed by atoms with E-state index >= 15 is 0 Å². The summed E-state index contributed by atoms with van der Waals surface area (Å²) in [4.78, 5) is 29.1. The molecule has 2 amide bonds. The molecule has 1 aromatic rings. The van der Waals surface area contributed by atoms with Gasteiger partial charge in [-0.3, -0.25) is 4.79 Å². The highest BCUT2D eigenvalue weighted by Crippen LogP contribution is 2.35. The van der Waals surface area contributed by atoms with Crippen LogP contribution in [0.15, 0.2) is 10.9 Å². The first kappa shape index (κ1) is 15.3. The van der Waals surface area contributed by atoms with Crippen LogP contribution in [0.5, 0.6) is 0 Å². The molecule has 0 radical (unpaired) electrons. The minimum absolute atomic E-state index is 0.166. The quantitative estimate of drug-likeness (QED) is 0.846. The molecule has 1 saturated heterocycles. The normalized spacial score (nSPS) is 22.0. The SMILES string of the molecule is CCCC1(C(=O)O)CCCN(C(=O)NCc2ncon2)C1. The minimum Gasteiger partial charge on any atom is -0.481 e. The molecular formula is C13H20N4O4. The highest BCUT2D eigenvalue weighted by atomic mass is 16.5. The number of aliphatic carboxylic acids is 1. The summed E-state index contributed by atoms with van der Waals surface area (Å²) in [7, 11) is 0. The van der Waals surface area contributed by atoms with E-state index in [1.165, 1.54) is 6.39 Å². The molecule has 1 aliphatic heterocycles. The molecule has 116 valence electrons. The van der Waals surface area contributed by atoms with Crippen LogP contribution >= 0.6 is 0 Å². The third kappa shape index (κ3) is 3.50. The van der Waals surface area contributed by atoms with E-state index in [0.29, 0.717) is 31.6 Å². The molecule has 0 spiro atoms. The fraction of sp³-hybridized carbons (Fsp3) is 0.692. The van der Waals surface area contributed by atoms with E-state index in [1.807, 2.05) is 6.92 Å². The number of likely N-dealkylation sites (tertiary alicyclic amines) is 1. The second-order valence-electron chi connectivity index (χ2n) is 5.37. The maximum absolute atomic E-state index is 12.1. The Balaban J connectivity index is 1.96. The van der Waals surface area contributed by atoms with Crippen LogP contribution in [0.2, 0.25) is 0 Å². The Morgan fingerprint density at radius 3 is 3.00 bits per heavy atom. The minimum atomic E-state index is -0.823. The number of nitrogens with one attached hydrogen (secondary N) is 1. The van der Waals surface area contributed by atoms with Crippen molar-refractivity contribution in [1.82, 2.24) is 20.4 Å². The van der Waals surface area contributed by atoms with Gasteiger partial charge in [0, 0.05) is 13.1 Å². The fourth-order valence-electron chi connectivity index (χ4n) is 2.81. The number of hydrogen-bond donors (Lipinski definition) is 2. The molecule has 0 bridgehead atoms. The molecule has 2 heterocycles. The standard InChI is InChI=1S/C13H20N4O4/c1-2-4-13(11(18)19)5-3-6-17(8-13)12(20)14-7-10-15-9-21-16-10/h9H,2-8H2,1H3,(H,14,20)(H,18,19). The van der Waals surface area contributed by atoms with Gasteiger partial charge in [0.25, 0.3) is 0 Å². The molecule has 8 nitrogen and oxygen atoms in total. The third-order valence-electron chi connectivity index (χ3n) is 3.85. The number of carbonyl (C=O) groups is 2. The van der Waals surface area contributed by atoms with Gasteiger partial charge in [-0.2, -0.15) is 4.98 Å². The van der Waals surface area contributed by atoms with Crippen molar-refractivity contribution >= 4 is 12.0 Å². The van der Waals surface area contributed by atoms with Crippen LogP contribution < -0.4 is 5.32 Å². The van der Waals surface area contributed by atoms with Crippen molar-refractivity contribution in [3.8, 4) is 0 Å². The van der Waals surface area contributed by atoms with E-state index in [1.54, 1.807) is 4.90 Å². The predicted molar refractivity (Wildman–Crippen MR) is 72.3 cm³/mol. The lowest BCUT2D eigenvalue weighted by atomic mass is 9.76. The van der Waals surface area contributed by atoms with E-state index in [0.717, 1.165) is 6.42 Å². The van der Waals surface area contributed by atoms with Crippen LogP contribution in [-0.4, -0.2) is 45.2 Å². The Labute approximate surface area is 122 Å². The van der Waals surface area contributed by atoms with Gasteiger partial charge in [-0.15, -0.1) is 0 Å². The van der Waals surface area contributed by atoms with Gasteiger partial charge in [-0.05, 0) is 19.3 Å². The molecule has 21 heavy (non-hydrogen) atoms. The summed E-state index contributed by atoms with van der Waals surface area (Å²) in [5.74, 6) is -0.432. The lowest BCUT2D eigenvalue weighted by Gasteiger charge is -2.39. The molecule has 0 aromatic carbocycles. The number of nitrogens with zero attached hydrogens (tertiary/aromatic N) is 3. The first-order chi connectivity index (χ1) is 10.1. The molecule has 1 aromatic heterocycles. The van der Waals surface area contributed by atoms with Crippen LogP contribution in [-0.2, 0) is 11.3 Å². The van der Waals surface area contributed by atoms with Crippen molar-refractivity contribution in [3.05, 3.63) is 12.2 Å². The number of amides is 2. The van der Waals surface area contributed by atoms with Gasteiger partial charge in [0.2, 0.25) is 6.39 Å². The van der Waals surface area contributed by atoms with Gasteiger partial charge in [0.15, 0.2) is 5.82 Å². The van der Waals surface area contributed by atoms with Gasteiger partial charge < -0.3 is 19.8 Å². The van der Waals surface area contributed by atoms with Crippen molar-refractivity contribution < 1.29 is 19.2 Å². The van der Waals surface area contributed by atoms with Crippen molar-refractivity contribution in [3.63, 3.8) is 0 Å². The molecule has 2 N–H and O–H groups in total. The molecule has 1 unspecified atom stereocenters. The van der Waals surface area contributed by atoms with Crippen molar-refractivity contribution in [2.24, 2.45) is 5.41 Å². The largest absolute Gasteiger partial charge is 0.481 e. The molecule has 0 aliphatic carbocycles. The fourth-order valence-corrected chi connectivity index (χ4v) is 2.81. The number of urea groups is 1. The number of rotatable bonds is 5. The van der Waals surface area contributed by atoms with Crippen LogP contribution in [0.3, 0.4) is 0 Å². The molecular weight excluding hydrogens is 276 g/mol. The van der Waals surface area contributed by atoms with E-state index < -0.39 is 11.4 Å². The Hall–Kier alpha value is -2.12. The maximum Gasteiger partial charge on any atom is 0.317 e. The zero-order chi connectivity index (χ0) is 15.3.